The Labute approximate surface area is 111 Å². The van der Waals surface area contributed by atoms with Crippen LogP contribution < -0.4 is 11.1 Å². The van der Waals surface area contributed by atoms with Crippen molar-refractivity contribution >= 4 is 0 Å². The minimum Gasteiger partial charge on any atom is -0.326 e. The summed E-state index contributed by atoms with van der Waals surface area (Å²) in [5.74, 6) is 0.807. The van der Waals surface area contributed by atoms with E-state index in [1.165, 1.54) is 30.5 Å². The lowest BCUT2D eigenvalue weighted by molar-refractivity contribution is 0.339. The zero-order valence-electron chi connectivity index (χ0n) is 11.7. The highest BCUT2D eigenvalue weighted by molar-refractivity contribution is 5.27. The molecule has 0 heterocycles. The van der Waals surface area contributed by atoms with E-state index in [2.05, 4.69) is 43.4 Å². The van der Waals surface area contributed by atoms with E-state index in [9.17, 15) is 0 Å². The van der Waals surface area contributed by atoms with E-state index in [-0.39, 0.29) is 0 Å². The smallest absolute Gasteiger partial charge is 0.0180 e. The number of rotatable bonds is 7. The van der Waals surface area contributed by atoms with E-state index >= 15 is 0 Å². The Morgan fingerprint density at radius 3 is 2.44 bits per heavy atom. The highest BCUT2D eigenvalue weighted by atomic mass is 14.9. The lowest BCUT2D eigenvalue weighted by Gasteiger charge is -2.20. The summed E-state index contributed by atoms with van der Waals surface area (Å²) >= 11 is 0. The molecule has 1 fully saturated rings. The van der Waals surface area contributed by atoms with E-state index in [4.69, 9.17) is 5.73 Å². The van der Waals surface area contributed by atoms with Crippen LogP contribution in [-0.4, -0.2) is 13.1 Å². The molecule has 0 spiro atoms. The van der Waals surface area contributed by atoms with Crippen LogP contribution in [-0.2, 0) is 13.0 Å². The van der Waals surface area contributed by atoms with Gasteiger partial charge in [-0.2, -0.15) is 0 Å². The lowest BCUT2D eigenvalue weighted by atomic mass is 9.92. The molecule has 0 aliphatic heterocycles. The topological polar surface area (TPSA) is 38.0 Å². The zero-order valence-corrected chi connectivity index (χ0v) is 11.7. The monoisotopic (exact) mass is 246 g/mol. The van der Waals surface area contributed by atoms with Crippen LogP contribution in [0, 0.1) is 11.3 Å². The van der Waals surface area contributed by atoms with Gasteiger partial charge in [-0.3, -0.25) is 0 Å². The summed E-state index contributed by atoms with van der Waals surface area (Å²) in [7, 11) is 0. The molecule has 0 atom stereocenters. The van der Waals surface area contributed by atoms with Gasteiger partial charge in [0.15, 0.2) is 0 Å². The number of nitrogens with two attached hydrogens (primary N) is 1. The van der Waals surface area contributed by atoms with Gasteiger partial charge < -0.3 is 11.1 Å². The van der Waals surface area contributed by atoms with Crippen molar-refractivity contribution in [3.05, 3.63) is 35.4 Å². The van der Waals surface area contributed by atoms with Crippen LogP contribution in [0.15, 0.2) is 24.3 Å². The van der Waals surface area contributed by atoms with Gasteiger partial charge in [0.25, 0.3) is 0 Å². The molecule has 2 heteroatoms. The molecule has 1 aliphatic rings. The van der Waals surface area contributed by atoms with Gasteiger partial charge in [-0.25, -0.2) is 0 Å². The highest BCUT2D eigenvalue weighted by Crippen LogP contribution is 2.51. The molecule has 2 nitrogen and oxygen atoms in total. The van der Waals surface area contributed by atoms with Gasteiger partial charge >= 0.3 is 0 Å². The van der Waals surface area contributed by atoms with Gasteiger partial charge in [0.2, 0.25) is 0 Å². The average molecular weight is 246 g/mol. The van der Waals surface area contributed by atoms with Crippen molar-refractivity contribution in [1.82, 2.24) is 5.32 Å². The highest BCUT2D eigenvalue weighted by Gasteiger charge is 2.44. The molecule has 1 aromatic carbocycles. The first-order valence-electron chi connectivity index (χ1n) is 7.15. The van der Waals surface area contributed by atoms with Crippen LogP contribution in [0.1, 0.15) is 37.8 Å². The zero-order chi connectivity index (χ0) is 13.0. The van der Waals surface area contributed by atoms with Crippen LogP contribution in [0.25, 0.3) is 0 Å². The molecule has 18 heavy (non-hydrogen) atoms. The Hall–Kier alpha value is -0.860. The molecule has 1 saturated carbocycles. The van der Waals surface area contributed by atoms with E-state index < -0.39 is 0 Å². The summed E-state index contributed by atoms with van der Waals surface area (Å²) < 4.78 is 0. The van der Waals surface area contributed by atoms with Crippen LogP contribution in [0.2, 0.25) is 0 Å². The molecule has 0 amide bonds. The third kappa shape index (κ3) is 3.12. The van der Waals surface area contributed by atoms with Crippen LogP contribution in [0.4, 0.5) is 0 Å². The van der Waals surface area contributed by atoms with Gasteiger partial charge in [0.1, 0.15) is 0 Å². The van der Waals surface area contributed by atoms with Crippen molar-refractivity contribution in [3.63, 3.8) is 0 Å². The Bertz CT molecular complexity index is 380. The minimum absolute atomic E-state index is 0.605. The van der Waals surface area contributed by atoms with E-state index in [0.29, 0.717) is 12.0 Å². The van der Waals surface area contributed by atoms with Crippen molar-refractivity contribution in [2.45, 2.75) is 39.7 Å². The van der Waals surface area contributed by atoms with Crippen molar-refractivity contribution in [2.24, 2.45) is 17.1 Å². The molecule has 0 bridgehead atoms. The van der Waals surface area contributed by atoms with Crippen molar-refractivity contribution in [1.29, 1.82) is 0 Å². The van der Waals surface area contributed by atoms with Gasteiger partial charge in [0.05, 0.1) is 0 Å². The summed E-state index contributed by atoms with van der Waals surface area (Å²) in [5, 5.41) is 3.63. The van der Waals surface area contributed by atoms with Crippen molar-refractivity contribution in [3.8, 4) is 0 Å². The molecule has 0 saturated heterocycles. The molecule has 1 aliphatic carbocycles. The quantitative estimate of drug-likeness (QED) is 0.726. The molecular formula is C16H26N2. The fourth-order valence-corrected chi connectivity index (χ4v) is 2.68. The maximum absolute atomic E-state index is 5.75. The fraction of sp³-hybridized carbons (Fsp3) is 0.625. The summed E-state index contributed by atoms with van der Waals surface area (Å²) in [5.41, 5.74) is 9.03. The van der Waals surface area contributed by atoms with E-state index in [1.807, 2.05) is 0 Å². The number of benzene rings is 1. The summed E-state index contributed by atoms with van der Waals surface area (Å²) in [6, 6.07) is 8.49. The summed E-state index contributed by atoms with van der Waals surface area (Å²) in [6.45, 7) is 7.57. The molecule has 2 rings (SSSR count). The first-order valence-corrected chi connectivity index (χ1v) is 7.15. The molecule has 3 N–H and O–H groups in total. The van der Waals surface area contributed by atoms with Crippen molar-refractivity contribution < 1.29 is 0 Å². The Morgan fingerprint density at radius 2 is 1.89 bits per heavy atom. The molecule has 0 unspecified atom stereocenters. The maximum Gasteiger partial charge on any atom is 0.0180 e. The van der Waals surface area contributed by atoms with Crippen LogP contribution in [0.5, 0.6) is 0 Å². The predicted molar refractivity (Wildman–Crippen MR) is 77.4 cm³/mol. The second-order valence-electron chi connectivity index (χ2n) is 5.92. The molecule has 0 aromatic heterocycles. The van der Waals surface area contributed by atoms with Gasteiger partial charge in [-0.05, 0) is 48.3 Å². The van der Waals surface area contributed by atoms with E-state index in [1.54, 1.807) is 0 Å². The molecule has 1 aromatic rings. The maximum atomic E-state index is 5.75. The average Bonchev–Trinajstić information content (AvgIpc) is 3.16. The third-order valence-electron chi connectivity index (χ3n) is 4.50. The number of hydrogen-bond donors (Lipinski definition) is 2. The van der Waals surface area contributed by atoms with Crippen LogP contribution >= 0.6 is 0 Å². The second kappa shape index (κ2) is 5.85. The van der Waals surface area contributed by atoms with Crippen LogP contribution in [0.3, 0.4) is 0 Å². The summed E-state index contributed by atoms with van der Waals surface area (Å²) in [6.07, 6.45) is 3.88. The minimum atomic E-state index is 0.605. The third-order valence-corrected chi connectivity index (χ3v) is 4.50. The normalized spacial score (nSPS) is 17.1. The lowest BCUT2D eigenvalue weighted by Crippen LogP contribution is -2.29. The van der Waals surface area contributed by atoms with E-state index in [0.717, 1.165) is 18.9 Å². The van der Waals surface area contributed by atoms with Gasteiger partial charge in [-0.15, -0.1) is 0 Å². The van der Waals surface area contributed by atoms with Gasteiger partial charge in [0, 0.05) is 13.1 Å². The first-order chi connectivity index (χ1) is 8.68. The molecular weight excluding hydrogens is 220 g/mol. The largest absolute Gasteiger partial charge is 0.326 e. The number of hydrogen-bond acceptors (Lipinski definition) is 2. The molecule has 100 valence electrons. The Balaban J connectivity index is 1.75. The van der Waals surface area contributed by atoms with Crippen molar-refractivity contribution in [2.75, 3.05) is 13.1 Å². The summed E-state index contributed by atoms with van der Waals surface area (Å²) in [4.78, 5) is 0. The fourth-order valence-electron chi connectivity index (χ4n) is 2.68. The first kappa shape index (κ1) is 13.6. The number of nitrogens with one attached hydrogen (secondary N) is 1. The van der Waals surface area contributed by atoms with Gasteiger partial charge in [-0.1, -0.05) is 38.1 Å². The Kier molecular flexibility index (Phi) is 4.41. The standard InChI is InChI=1S/C16H26N2/c1-13(2)16(8-9-16)12-18-10-7-14-5-3-4-6-15(14)11-17/h3-6,13,18H,7-12,17H2,1-2H3. The predicted octanol–water partition coefficient (Wildman–Crippen LogP) is 2.71. The SMILES string of the molecule is CC(C)C1(CNCCc2ccccc2CN)CC1. The Morgan fingerprint density at radius 1 is 1.22 bits per heavy atom. The molecule has 0 radical (unpaired) electrons. The second-order valence-corrected chi connectivity index (χ2v) is 5.92.